The average molecular weight is 396 g/mol. The molecule has 4 rings (SSSR count). The molecular weight excluding hydrogens is 364 g/mol. The van der Waals surface area contributed by atoms with Gasteiger partial charge in [0, 0.05) is 11.3 Å². The van der Waals surface area contributed by atoms with Crippen LogP contribution in [0, 0.1) is 11.3 Å². The van der Waals surface area contributed by atoms with E-state index in [1.165, 1.54) is 0 Å². The molecule has 4 aliphatic rings. The van der Waals surface area contributed by atoms with Crippen molar-refractivity contribution in [1.82, 2.24) is 0 Å². The zero-order chi connectivity index (χ0) is 20.3. The summed E-state index contributed by atoms with van der Waals surface area (Å²) in [7, 11) is 0. The zero-order valence-corrected chi connectivity index (χ0v) is 17.5. The van der Waals surface area contributed by atoms with Gasteiger partial charge in [0.1, 0.15) is 12.2 Å². The van der Waals surface area contributed by atoms with Crippen LogP contribution < -0.4 is 0 Å². The predicted molar refractivity (Wildman–Crippen MR) is 99.1 cm³/mol. The fourth-order valence-electron chi connectivity index (χ4n) is 5.43. The summed E-state index contributed by atoms with van der Waals surface area (Å²) in [6, 6.07) is 0. The lowest BCUT2D eigenvalue weighted by Gasteiger charge is -2.41. The summed E-state index contributed by atoms with van der Waals surface area (Å²) in [5, 5.41) is 0. The SMILES string of the molecule is C=C1CC[C@]2([C@@H]([C@H]3COC(C)(C)O3)O[C@@H]3OC(C)(C)O[C@@H]32)[C@H]1CC(=O)OCC. The molecule has 0 radical (unpaired) electrons. The number of allylic oxidation sites excluding steroid dienone is 1. The van der Waals surface area contributed by atoms with Gasteiger partial charge in [-0.05, 0) is 47.5 Å². The number of carbonyl (C=O) groups is 1. The van der Waals surface area contributed by atoms with Gasteiger partial charge in [-0.25, -0.2) is 0 Å². The van der Waals surface area contributed by atoms with E-state index in [0.29, 0.717) is 13.2 Å². The van der Waals surface area contributed by atoms with Crippen LogP contribution in [0.25, 0.3) is 0 Å². The van der Waals surface area contributed by atoms with E-state index < -0.39 is 23.3 Å². The third kappa shape index (κ3) is 3.21. The Bertz CT molecular complexity index is 657. The van der Waals surface area contributed by atoms with Crippen molar-refractivity contribution in [2.45, 2.75) is 90.1 Å². The monoisotopic (exact) mass is 396 g/mol. The second kappa shape index (κ2) is 6.77. The molecule has 0 aromatic heterocycles. The van der Waals surface area contributed by atoms with Crippen LogP contribution >= 0.6 is 0 Å². The fraction of sp³-hybridized carbons (Fsp3) is 0.857. The van der Waals surface area contributed by atoms with Crippen molar-refractivity contribution in [2.24, 2.45) is 11.3 Å². The maximum Gasteiger partial charge on any atom is 0.306 e. The second-order valence-electron chi connectivity index (χ2n) is 9.18. The molecule has 0 unspecified atom stereocenters. The highest BCUT2D eigenvalue weighted by atomic mass is 16.8. The summed E-state index contributed by atoms with van der Waals surface area (Å²) < 4.78 is 36.0. The van der Waals surface area contributed by atoms with E-state index in [9.17, 15) is 4.79 Å². The number of ether oxygens (including phenoxy) is 6. The quantitative estimate of drug-likeness (QED) is 0.534. The maximum absolute atomic E-state index is 12.4. The van der Waals surface area contributed by atoms with Crippen molar-refractivity contribution < 1.29 is 33.2 Å². The Balaban J connectivity index is 1.69. The van der Waals surface area contributed by atoms with Crippen LogP contribution in [0.2, 0.25) is 0 Å². The second-order valence-corrected chi connectivity index (χ2v) is 9.18. The molecule has 1 spiro atoms. The molecule has 1 saturated carbocycles. The van der Waals surface area contributed by atoms with Crippen LogP contribution in [0.5, 0.6) is 0 Å². The van der Waals surface area contributed by atoms with E-state index in [2.05, 4.69) is 6.58 Å². The molecule has 3 saturated heterocycles. The van der Waals surface area contributed by atoms with E-state index in [0.717, 1.165) is 18.4 Å². The molecule has 7 heteroatoms. The summed E-state index contributed by atoms with van der Waals surface area (Å²) >= 11 is 0. The first kappa shape index (κ1) is 20.3. The number of carbonyl (C=O) groups excluding carboxylic acids is 1. The minimum atomic E-state index is -0.738. The van der Waals surface area contributed by atoms with Gasteiger partial charge in [0.25, 0.3) is 0 Å². The maximum atomic E-state index is 12.4. The Morgan fingerprint density at radius 3 is 2.54 bits per heavy atom. The molecule has 6 atom stereocenters. The van der Waals surface area contributed by atoms with Crippen LogP contribution in [0.15, 0.2) is 12.2 Å². The third-order valence-corrected chi connectivity index (χ3v) is 6.46. The topological polar surface area (TPSA) is 72.5 Å². The Labute approximate surface area is 166 Å². The lowest BCUT2D eigenvalue weighted by molar-refractivity contribution is -0.240. The Morgan fingerprint density at radius 1 is 1.14 bits per heavy atom. The number of hydrogen-bond acceptors (Lipinski definition) is 7. The highest BCUT2D eigenvalue weighted by molar-refractivity contribution is 5.70. The van der Waals surface area contributed by atoms with E-state index in [4.69, 9.17) is 28.4 Å². The van der Waals surface area contributed by atoms with E-state index in [1.807, 2.05) is 34.6 Å². The van der Waals surface area contributed by atoms with Crippen LogP contribution in [0.3, 0.4) is 0 Å². The third-order valence-electron chi connectivity index (χ3n) is 6.46. The largest absolute Gasteiger partial charge is 0.466 e. The van der Waals surface area contributed by atoms with Crippen LogP contribution in [0.4, 0.5) is 0 Å². The Morgan fingerprint density at radius 2 is 1.89 bits per heavy atom. The molecule has 3 heterocycles. The average Bonchev–Trinajstić information content (AvgIpc) is 3.27. The summed E-state index contributed by atoms with van der Waals surface area (Å²) in [5.74, 6) is -1.74. The summed E-state index contributed by atoms with van der Waals surface area (Å²) in [4.78, 5) is 12.4. The van der Waals surface area contributed by atoms with Crippen molar-refractivity contribution in [3.05, 3.63) is 12.2 Å². The van der Waals surface area contributed by atoms with Gasteiger partial charge in [-0.2, -0.15) is 0 Å². The summed E-state index contributed by atoms with van der Waals surface area (Å²) in [6.45, 7) is 14.5. The molecule has 28 heavy (non-hydrogen) atoms. The molecule has 7 nitrogen and oxygen atoms in total. The van der Waals surface area contributed by atoms with E-state index in [1.54, 1.807) is 0 Å². The predicted octanol–water partition coefficient (Wildman–Crippen LogP) is 2.92. The molecule has 0 aromatic carbocycles. The lowest BCUT2D eigenvalue weighted by Crippen LogP contribution is -2.51. The highest BCUT2D eigenvalue weighted by Gasteiger charge is 2.70. The number of esters is 1. The van der Waals surface area contributed by atoms with Gasteiger partial charge in [0.2, 0.25) is 0 Å². The first-order chi connectivity index (χ1) is 13.1. The van der Waals surface area contributed by atoms with Crippen LogP contribution in [-0.4, -0.2) is 55.4 Å². The van der Waals surface area contributed by atoms with Gasteiger partial charge in [-0.3, -0.25) is 4.79 Å². The molecule has 1 aliphatic carbocycles. The molecule has 3 aliphatic heterocycles. The number of fused-ring (bicyclic) bond motifs is 2. The van der Waals surface area contributed by atoms with Crippen molar-refractivity contribution in [3.63, 3.8) is 0 Å². The molecular formula is C21H32O7. The minimum Gasteiger partial charge on any atom is -0.466 e. The molecule has 0 aromatic rings. The van der Waals surface area contributed by atoms with E-state index in [-0.39, 0.29) is 36.6 Å². The fourth-order valence-corrected chi connectivity index (χ4v) is 5.43. The summed E-state index contributed by atoms with van der Waals surface area (Å²) in [6.07, 6.45) is 0.526. The van der Waals surface area contributed by atoms with Crippen LogP contribution in [-0.2, 0) is 33.2 Å². The minimum absolute atomic E-state index is 0.114. The van der Waals surface area contributed by atoms with Gasteiger partial charge in [-0.15, -0.1) is 0 Å². The number of rotatable bonds is 4. The first-order valence-corrected chi connectivity index (χ1v) is 10.2. The molecule has 158 valence electrons. The molecule has 0 amide bonds. The van der Waals surface area contributed by atoms with Gasteiger partial charge in [0.15, 0.2) is 17.9 Å². The van der Waals surface area contributed by atoms with Crippen molar-refractivity contribution in [2.75, 3.05) is 13.2 Å². The first-order valence-electron chi connectivity index (χ1n) is 10.2. The van der Waals surface area contributed by atoms with Gasteiger partial charge < -0.3 is 28.4 Å². The number of hydrogen-bond donors (Lipinski definition) is 0. The summed E-state index contributed by atoms with van der Waals surface area (Å²) in [5.41, 5.74) is 0.574. The Kier molecular flexibility index (Phi) is 4.91. The molecule has 0 N–H and O–H groups in total. The van der Waals surface area contributed by atoms with E-state index >= 15 is 0 Å². The normalized spacial score (nSPS) is 43.6. The highest BCUT2D eigenvalue weighted by Crippen LogP contribution is 2.62. The molecule has 4 fully saturated rings. The van der Waals surface area contributed by atoms with Crippen LogP contribution in [0.1, 0.15) is 53.9 Å². The lowest BCUT2D eigenvalue weighted by atomic mass is 9.67. The molecule has 0 bridgehead atoms. The van der Waals surface area contributed by atoms with Gasteiger partial charge in [0.05, 0.1) is 25.7 Å². The zero-order valence-electron chi connectivity index (χ0n) is 17.5. The van der Waals surface area contributed by atoms with Gasteiger partial charge >= 0.3 is 5.97 Å². The van der Waals surface area contributed by atoms with Crippen molar-refractivity contribution >= 4 is 5.97 Å². The standard InChI is InChI=1S/C21H32O7/c1-7-23-15(22)10-13-12(2)8-9-21(13)16(14-11-24-19(3,4)26-14)25-18-17(21)27-20(5,6)28-18/h13-14,16-18H,2,7-11H2,1,3-6H3/t13-,14+,16+,17-,18+,21+/m0/s1. The van der Waals surface area contributed by atoms with Crippen molar-refractivity contribution in [3.8, 4) is 0 Å². The smallest absolute Gasteiger partial charge is 0.306 e. The van der Waals surface area contributed by atoms with Crippen molar-refractivity contribution in [1.29, 1.82) is 0 Å². The Hall–Kier alpha value is -0.990. The van der Waals surface area contributed by atoms with Gasteiger partial charge in [-0.1, -0.05) is 12.2 Å².